The zero-order valence-corrected chi connectivity index (χ0v) is 10.2. The molecule has 1 atom stereocenters. The molecular weight excluding hydrogens is 220 g/mol. The van der Waals surface area contributed by atoms with E-state index in [1.165, 1.54) is 0 Å². The van der Waals surface area contributed by atoms with Gasteiger partial charge in [-0.2, -0.15) is 5.10 Å². The van der Waals surface area contributed by atoms with Crippen LogP contribution in [-0.2, 0) is 16.6 Å². The van der Waals surface area contributed by atoms with Gasteiger partial charge in [0, 0.05) is 13.2 Å². The van der Waals surface area contributed by atoms with Gasteiger partial charge in [0.05, 0.1) is 17.9 Å². The second kappa shape index (κ2) is 4.20. The second-order valence-electron chi connectivity index (χ2n) is 4.18. The van der Waals surface area contributed by atoms with Crippen LogP contribution in [0.15, 0.2) is 6.20 Å². The van der Waals surface area contributed by atoms with Gasteiger partial charge in [0.1, 0.15) is 6.04 Å². The van der Waals surface area contributed by atoms with Crippen LogP contribution in [0.25, 0.3) is 0 Å². The number of aromatic nitrogens is 2. The predicted molar refractivity (Wildman–Crippen MR) is 62.5 cm³/mol. The summed E-state index contributed by atoms with van der Waals surface area (Å²) in [4.78, 5) is 25.2. The van der Waals surface area contributed by atoms with E-state index in [9.17, 15) is 9.59 Å². The number of amides is 2. The fraction of sp³-hybridized carbons (Fsp3) is 0.545. The number of carbonyl (C=O) groups is 2. The largest absolute Gasteiger partial charge is 0.345 e. The van der Waals surface area contributed by atoms with E-state index in [1.807, 2.05) is 13.8 Å². The highest BCUT2D eigenvalue weighted by molar-refractivity contribution is 6.06. The highest BCUT2D eigenvalue weighted by Gasteiger charge is 2.35. The lowest BCUT2D eigenvalue weighted by molar-refractivity contribution is -0.131. The van der Waals surface area contributed by atoms with Crippen LogP contribution in [-0.4, -0.2) is 34.2 Å². The molecular formula is C11H16N4O2. The Kier molecular flexibility index (Phi) is 2.87. The van der Waals surface area contributed by atoms with Crippen LogP contribution in [0.2, 0.25) is 0 Å². The molecule has 1 saturated heterocycles. The highest BCUT2D eigenvalue weighted by Crippen LogP contribution is 2.23. The average molecular weight is 236 g/mol. The molecule has 2 rings (SSSR count). The fourth-order valence-corrected chi connectivity index (χ4v) is 2.15. The minimum Gasteiger partial charge on any atom is -0.345 e. The molecule has 6 heteroatoms. The summed E-state index contributed by atoms with van der Waals surface area (Å²) in [6.07, 6.45) is 2.36. The van der Waals surface area contributed by atoms with Gasteiger partial charge >= 0.3 is 0 Å². The molecule has 1 aromatic rings. The quantitative estimate of drug-likeness (QED) is 0.784. The van der Waals surface area contributed by atoms with Crippen molar-refractivity contribution in [3.05, 3.63) is 11.9 Å². The number of piperazine rings is 1. The summed E-state index contributed by atoms with van der Waals surface area (Å²) >= 11 is 0. The summed E-state index contributed by atoms with van der Waals surface area (Å²) in [7, 11) is 1.80. The van der Waals surface area contributed by atoms with Crippen LogP contribution < -0.4 is 10.2 Å². The van der Waals surface area contributed by atoms with Gasteiger partial charge in [0.25, 0.3) is 0 Å². The molecule has 0 radical (unpaired) electrons. The van der Waals surface area contributed by atoms with Gasteiger partial charge in [-0.25, -0.2) is 0 Å². The lowest BCUT2D eigenvalue weighted by Gasteiger charge is -2.33. The molecule has 17 heavy (non-hydrogen) atoms. The molecule has 0 spiro atoms. The number of nitrogens with zero attached hydrogens (tertiary/aromatic N) is 3. The molecule has 1 aromatic heterocycles. The Morgan fingerprint density at radius 2 is 2.24 bits per heavy atom. The first kappa shape index (κ1) is 11.6. The number of nitrogens with one attached hydrogen (secondary N) is 1. The van der Waals surface area contributed by atoms with Crippen LogP contribution in [0.5, 0.6) is 0 Å². The van der Waals surface area contributed by atoms with E-state index in [2.05, 4.69) is 10.4 Å². The maximum atomic E-state index is 11.9. The van der Waals surface area contributed by atoms with Crippen molar-refractivity contribution in [2.24, 2.45) is 7.05 Å². The summed E-state index contributed by atoms with van der Waals surface area (Å²) < 4.78 is 1.65. The Bertz CT molecular complexity index is 466. The lowest BCUT2D eigenvalue weighted by atomic mass is 10.1. The van der Waals surface area contributed by atoms with E-state index in [4.69, 9.17) is 0 Å². The number of aryl methyl sites for hydroxylation is 2. The van der Waals surface area contributed by atoms with Gasteiger partial charge in [0.2, 0.25) is 11.8 Å². The average Bonchev–Trinajstić information content (AvgIpc) is 2.60. The third kappa shape index (κ3) is 1.90. The van der Waals surface area contributed by atoms with Gasteiger partial charge in [-0.1, -0.05) is 6.92 Å². The van der Waals surface area contributed by atoms with E-state index in [-0.39, 0.29) is 18.4 Å². The molecule has 1 unspecified atom stereocenters. The van der Waals surface area contributed by atoms with Crippen LogP contribution >= 0.6 is 0 Å². The van der Waals surface area contributed by atoms with Crippen molar-refractivity contribution in [1.82, 2.24) is 15.1 Å². The predicted octanol–water partition coefficient (Wildman–Crippen LogP) is -0.0301. The summed E-state index contributed by atoms with van der Waals surface area (Å²) in [5, 5.41) is 6.81. The van der Waals surface area contributed by atoms with Gasteiger partial charge in [-0.15, -0.1) is 0 Å². The Balaban J connectivity index is 2.42. The maximum absolute atomic E-state index is 11.9. The van der Waals surface area contributed by atoms with Crippen LogP contribution in [0.1, 0.15) is 19.0 Å². The third-order valence-electron chi connectivity index (χ3n) is 2.93. The zero-order chi connectivity index (χ0) is 12.6. The van der Waals surface area contributed by atoms with E-state index in [1.54, 1.807) is 22.8 Å². The zero-order valence-electron chi connectivity index (χ0n) is 10.2. The standard InChI is InChI=1S/C11H16N4O2/c1-4-8-11(17)12-5-10(16)15(8)9-6-14(3)13-7(9)2/h6,8H,4-5H2,1-3H3,(H,12,17). The summed E-state index contributed by atoms with van der Waals surface area (Å²) in [5.41, 5.74) is 1.48. The Morgan fingerprint density at radius 3 is 2.76 bits per heavy atom. The molecule has 92 valence electrons. The van der Waals surface area contributed by atoms with Gasteiger partial charge in [-0.05, 0) is 13.3 Å². The molecule has 2 amide bonds. The summed E-state index contributed by atoms with van der Waals surface area (Å²) in [5.74, 6) is -0.192. The highest BCUT2D eigenvalue weighted by atomic mass is 16.2. The normalized spacial score (nSPS) is 20.6. The van der Waals surface area contributed by atoms with Crippen molar-refractivity contribution in [3.8, 4) is 0 Å². The smallest absolute Gasteiger partial charge is 0.247 e. The lowest BCUT2D eigenvalue weighted by Crippen LogP contribution is -2.58. The molecule has 1 fully saturated rings. The number of hydrogen-bond acceptors (Lipinski definition) is 3. The minimum absolute atomic E-state index is 0.0592. The SMILES string of the molecule is CCC1C(=O)NCC(=O)N1c1cn(C)nc1C. The summed E-state index contributed by atoms with van der Waals surface area (Å²) in [6, 6.07) is -0.431. The van der Waals surface area contributed by atoms with Gasteiger partial charge in [0.15, 0.2) is 0 Å². The molecule has 1 N–H and O–H groups in total. The van der Waals surface area contributed by atoms with E-state index < -0.39 is 6.04 Å². The molecule has 1 aliphatic heterocycles. The van der Waals surface area contributed by atoms with Crippen molar-refractivity contribution in [2.75, 3.05) is 11.4 Å². The molecule has 0 aromatic carbocycles. The molecule has 0 saturated carbocycles. The Morgan fingerprint density at radius 1 is 1.53 bits per heavy atom. The Hall–Kier alpha value is -1.85. The minimum atomic E-state index is -0.431. The first-order valence-electron chi connectivity index (χ1n) is 5.64. The topological polar surface area (TPSA) is 67.2 Å². The monoisotopic (exact) mass is 236 g/mol. The van der Waals surface area contributed by atoms with E-state index >= 15 is 0 Å². The van der Waals surface area contributed by atoms with Crippen molar-refractivity contribution in [2.45, 2.75) is 26.3 Å². The third-order valence-corrected chi connectivity index (χ3v) is 2.93. The first-order valence-corrected chi connectivity index (χ1v) is 5.64. The maximum Gasteiger partial charge on any atom is 0.247 e. The van der Waals surface area contributed by atoms with Crippen molar-refractivity contribution in [3.63, 3.8) is 0 Å². The molecule has 6 nitrogen and oxygen atoms in total. The fourth-order valence-electron chi connectivity index (χ4n) is 2.15. The van der Waals surface area contributed by atoms with Crippen molar-refractivity contribution in [1.29, 1.82) is 0 Å². The van der Waals surface area contributed by atoms with E-state index in [0.717, 1.165) is 11.4 Å². The Labute approximate surface area is 99.6 Å². The number of hydrogen-bond donors (Lipinski definition) is 1. The molecule has 1 aliphatic rings. The van der Waals surface area contributed by atoms with E-state index in [0.29, 0.717) is 6.42 Å². The van der Waals surface area contributed by atoms with Crippen LogP contribution in [0, 0.1) is 6.92 Å². The van der Waals surface area contributed by atoms with Crippen molar-refractivity contribution < 1.29 is 9.59 Å². The molecule has 0 aliphatic carbocycles. The first-order chi connectivity index (χ1) is 8.04. The van der Waals surface area contributed by atoms with Gasteiger partial charge in [-0.3, -0.25) is 19.2 Å². The molecule has 2 heterocycles. The molecule has 0 bridgehead atoms. The van der Waals surface area contributed by atoms with Crippen LogP contribution in [0.3, 0.4) is 0 Å². The number of carbonyl (C=O) groups excluding carboxylic acids is 2. The second-order valence-corrected chi connectivity index (χ2v) is 4.18. The summed E-state index contributed by atoms with van der Waals surface area (Å²) in [6.45, 7) is 3.78. The van der Waals surface area contributed by atoms with Crippen molar-refractivity contribution >= 4 is 17.5 Å². The van der Waals surface area contributed by atoms with Crippen LogP contribution in [0.4, 0.5) is 5.69 Å². The number of anilines is 1. The van der Waals surface area contributed by atoms with Gasteiger partial charge < -0.3 is 5.32 Å². The number of rotatable bonds is 2.